The number of nitrogens with one attached hydrogen (secondary N) is 2. The Labute approximate surface area is 204 Å². The number of hydrogen-bond acceptors (Lipinski definition) is 7. The van der Waals surface area contributed by atoms with E-state index in [-0.39, 0.29) is 29.5 Å². The maximum atomic E-state index is 12.5. The molecular weight excluding hydrogens is 468 g/mol. The van der Waals surface area contributed by atoms with Gasteiger partial charge in [0.2, 0.25) is 5.91 Å². The average molecular weight is 491 g/mol. The Balaban J connectivity index is 1.34. The number of carbonyl (C=O) groups is 2. The van der Waals surface area contributed by atoms with Gasteiger partial charge in [-0.2, -0.15) is 0 Å². The van der Waals surface area contributed by atoms with Crippen LogP contribution in [-0.2, 0) is 17.9 Å². The molecule has 1 aromatic heterocycles. The molecule has 0 atom stereocenters. The minimum atomic E-state index is -0.551. The molecule has 0 aliphatic carbocycles. The van der Waals surface area contributed by atoms with Crippen molar-refractivity contribution in [3.05, 3.63) is 88.2 Å². The zero-order valence-electron chi connectivity index (χ0n) is 18.8. The molecule has 10 nitrogen and oxygen atoms in total. The standard InChI is InChI=1S/C24H22N6O4S/c1-2-29-21(14-25-23(32)18-8-5-9-20(13-18)30(33)34)27-28-24(29)35-15-22(31)26-19-11-10-16-6-3-4-7-17(16)12-19/h3-13H,2,14-15H2,1H3,(H,25,32)(H,26,31). The topological polar surface area (TPSA) is 132 Å². The molecule has 0 saturated carbocycles. The number of nitro benzene ring substituents is 1. The molecule has 2 N–H and O–H groups in total. The Bertz CT molecular complexity index is 1400. The molecule has 0 bridgehead atoms. The number of fused-ring (bicyclic) bond motifs is 1. The lowest BCUT2D eigenvalue weighted by Crippen LogP contribution is -2.25. The molecule has 0 spiro atoms. The van der Waals surface area contributed by atoms with Crippen molar-refractivity contribution in [3.63, 3.8) is 0 Å². The van der Waals surface area contributed by atoms with Crippen molar-refractivity contribution in [1.29, 1.82) is 0 Å². The summed E-state index contributed by atoms with van der Waals surface area (Å²) in [5.41, 5.74) is 0.743. The van der Waals surface area contributed by atoms with E-state index in [0.717, 1.165) is 16.5 Å². The number of non-ortho nitro benzene ring substituents is 1. The minimum Gasteiger partial charge on any atom is -0.345 e. The molecule has 11 heteroatoms. The van der Waals surface area contributed by atoms with Gasteiger partial charge < -0.3 is 15.2 Å². The summed E-state index contributed by atoms with van der Waals surface area (Å²) < 4.78 is 1.81. The SMILES string of the molecule is CCn1c(CNC(=O)c2cccc([N+](=O)[O-])c2)nnc1SCC(=O)Nc1ccc2ccccc2c1. The third-order valence-corrected chi connectivity index (χ3v) is 6.17. The van der Waals surface area contributed by atoms with Crippen LogP contribution in [0.1, 0.15) is 23.1 Å². The highest BCUT2D eigenvalue weighted by Crippen LogP contribution is 2.21. The number of nitrogens with zero attached hydrogens (tertiary/aromatic N) is 4. The van der Waals surface area contributed by atoms with E-state index in [0.29, 0.717) is 17.5 Å². The molecule has 1 heterocycles. The molecular formula is C24H22N6O4S. The smallest absolute Gasteiger partial charge is 0.270 e. The van der Waals surface area contributed by atoms with Crippen molar-refractivity contribution in [2.45, 2.75) is 25.2 Å². The molecule has 0 aliphatic heterocycles. The van der Waals surface area contributed by atoms with Crippen LogP contribution in [0.15, 0.2) is 71.9 Å². The summed E-state index contributed by atoms with van der Waals surface area (Å²) in [4.78, 5) is 35.3. The lowest BCUT2D eigenvalue weighted by atomic mass is 10.1. The van der Waals surface area contributed by atoms with E-state index < -0.39 is 10.8 Å². The van der Waals surface area contributed by atoms with E-state index in [1.54, 1.807) is 0 Å². The van der Waals surface area contributed by atoms with Crippen molar-refractivity contribution in [2.75, 3.05) is 11.1 Å². The number of aromatic nitrogens is 3. The van der Waals surface area contributed by atoms with Gasteiger partial charge in [-0.25, -0.2) is 0 Å². The summed E-state index contributed by atoms with van der Waals surface area (Å²) in [7, 11) is 0. The zero-order chi connectivity index (χ0) is 24.8. The van der Waals surface area contributed by atoms with E-state index in [9.17, 15) is 19.7 Å². The van der Waals surface area contributed by atoms with Gasteiger partial charge in [-0.3, -0.25) is 19.7 Å². The Morgan fingerprint density at radius 3 is 2.60 bits per heavy atom. The minimum absolute atomic E-state index is 0.0895. The van der Waals surface area contributed by atoms with Crippen LogP contribution in [0.2, 0.25) is 0 Å². The van der Waals surface area contributed by atoms with E-state index in [2.05, 4.69) is 20.8 Å². The first kappa shape index (κ1) is 23.9. The lowest BCUT2D eigenvalue weighted by molar-refractivity contribution is -0.384. The van der Waals surface area contributed by atoms with Gasteiger partial charge in [-0.1, -0.05) is 48.2 Å². The third-order valence-electron chi connectivity index (χ3n) is 5.20. The molecule has 0 saturated heterocycles. The Hall–Kier alpha value is -4.25. The van der Waals surface area contributed by atoms with Crippen LogP contribution in [0, 0.1) is 10.1 Å². The zero-order valence-corrected chi connectivity index (χ0v) is 19.6. The fraction of sp³-hybridized carbons (Fsp3) is 0.167. The summed E-state index contributed by atoms with van der Waals surface area (Å²) in [6.45, 7) is 2.55. The summed E-state index contributed by atoms with van der Waals surface area (Å²) in [6.07, 6.45) is 0. The van der Waals surface area contributed by atoms with Crippen LogP contribution in [0.3, 0.4) is 0 Å². The maximum absolute atomic E-state index is 12.5. The molecule has 0 fully saturated rings. The number of amides is 2. The Kier molecular flexibility index (Phi) is 7.36. The summed E-state index contributed by atoms with van der Waals surface area (Å²) in [5, 5.41) is 27.5. The molecule has 3 aromatic carbocycles. The van der Waals surface area contributed by atoms with Gasteiger partial charge in [0, 0.05) is 29.9 Å². The first-order valence-electron chi connectivity index (χ1n) is 10.8. The molecule has 4 aromatic rings. The van der Waals surface area contributed by atoms with Crippen LogP contribution >= 0.6 is 11.8 Å². The number of nitro groups is 1. The number of carbonyl (C=O) groups excluding carboxylic acids is 2. The lowest BCUT2D eigenvalue weighted by Gasteiger charge is -2.09. The highest BCUT2D eigenvalue weighted by Gasteiger charge is 2.16. The predicted octanol–water partition coefficient (Wildman–Crippen LogP) is 4.02. The maximum Gasteiger partial charge on any atom is 0.270 e. The van der Waals surface area contributed by atoms with Crippen LogP contribution in [0.25, 0.3) is 10.8 Å². The van der Waals surface area contributed by atoms with Gasteiger partial charge in [0.25, 0.3) is 11.6 Å². The molecule has 2 amide bonds. The van der Waals surface area contributed by atoms with Crippen molar-refractivity contribution in [1.82, 2.24) is 20.1 Å². The van der Waals surface area contributed by atoms with E-state index in [1.165, 1.54) is 36.0 Å². The summed E-state index contributed by atoms with van der Waals surface area (Å²) in [6, 6.07) is 19.2. The quantitative estimate of drug-likeness (QED) is 0.206. The molecule has 0 radical (unpaired) electrons. The highest BCUT2D eigenvalue weighted by atomic mass is 32.2. The van der Waals surface area contributed by atoms with Gasteiger partial charge in [-0.05, 0) is 35.9 Å². The molecule has 35 heavy (non-hydrogen) atoms. The Morgan fingerprint density at radius 1 is 1.03 bits per heavy atom. The average Bonchev–Trinajstić information content (AvgIpc) is 3.27. The first-order valence-corrected chi connectivity index (χ1v) is 11.8. The second kappa shape index (κ2) is 10.8. The highest BCUT2D eigenvalue weighted by molar-refractivity contribution is 7.99. The van der Waals surface area contributed by atoms with Gasteiger partial charge in [0.15, 0.2) is 11.0 Å². The normalized spacial score (nSPS) is 10.8. The van der Waals surface area contributed by atoms with Crippen LogP contribution in [-0.4, -0.2) is 37.3 Å². The predicted molar refractivity (Wildman–Crippen MR) is 133 cm³/mol. The number of hydrogen-bond donors (Lipinski definition) is 2. The van der Waals surface area contributed by atoms with Crippen molar-refractivity contribution in [2.24, 2.45) is 0 Å². The van der Waals surface area contributed by atoms with E-state index in [1.807, 2.05) is 54.0 Å². The number of rotatable bonds is 9. The molecule has 0 unspecified atom stereocenters. The van der Waals surface area contributed by atoms with Gasteiger partial charge in [0.05, 0.1) is 17.2 Å². The second-order valence-corrected chi connectivity index (χ2v) is 8.47. The van der Waals surface area contributed by atoms with Crippen molar-refractivity contribution < 1.29 is 14.5 Å². The largest absolute Gasteiger partial charge is 0.345 e. The summed E-state index contributed by atoms with van der Waals surface area (Å²) >= 11 is 1.25. The second-order valence-electron chi connectivity index (χ2n) is 7.53. The van der Waals surface area contributed by atoms with Crippen molar-refractivity contribution >= 4 is 45.7 Å². The van der Waals surface area contributed by atoms with Gasteiger partial charge in [0.1, 0.15) is 0 Å². The van der Waals surface area contributed by atoms with Gasteiger partial charge >= 0.3 is 0 Å². The van der Waals surface area contributed by atoms with Crippen LogP contribution in [0.4, 0.5) is 11.4 Å². The monoisotopic (exact) mass is 490 g/mol. The molecule has 0 aliphatic rings. The fourth-order valence-corrected chi connectivity index (χ4v) is 4.31. The van der Waals surface area contributed by atoms with Crippen LogP contribution < -0.4 is 10.6 Å². The van der Waals surface area contributed by atoms with Crippen LogP contribution in [0.5, 0.6) is 0 Å². The molecule has 178 valence electrons. The summed E-state index contributed by atoms with van der Waals surface area (Å²) in [5.74, 6) is 0.0360. The van der Waals surface area contributed by atoms with E-state index >= 15 is 0 Å². The number of benzene rings is 3. The van der Waals surface area contributed by atoms with E-state index in [4.69, 9.17) is 0 Å². The fourth-order valence-electron chi connectivity index (χ4n) is 3.49. The number of anilines is 1. The molecule has 4 rings (SSSR count). The number of thioether (sulfide) groups is 1. The third kappa shape index (κ3) is 5.82. The van der Waals surface area contributed by atoms with Gasteiger partial charge in [-0.15, -0.1) is 10.2 Å². The van der Waals surface area contributed by atoms with Crippen molar-refractivity contribution in [3.8, 4) is 0 Å². The first-order chi connectivity index (χ1) is 16.9. The Morgan fingerprint density at radius 2 is 1.83 bits per heavy atom.